The SMILES string of the molecule is CC(C)(C)c1ccc[c-]n1.[Re]. The first-order valence-corrected chi connectivity index (χ1v) is 3.44. The average molecular weight is 320 g/mol. The molecule has 0 unspecified atom stereocenters. The van der Waals surface area contributed by atoms with Crippen LogP contribution >= 0.6 is 0 Å². The predicted molar refractivity (Wildman–Crippen MR) is 41.8 cm³/mol. The number of rotatable bonds is 0. The van der Waals surface area contributed by atoms with Crippen LogP contribution in [0.1, 0.15) is 26.5 Å². The molecular formula is C9H12NRe-. The third-order valence-electron chi connectivity index (χ3n) is 1.38. The van der Waals surface area contributed by atoms with E-state index in [1.54, 1.807) is 0 Å². The predicted octanol–water partition coefficient (Wildman–Crippen LogP) is 2.18. The third kappa shape index (κ3) is 3.14. The molecule has 0 aliphatic heterocycles. The maximum Gasteiger partial charge on any atom is 0 e. The Bertz CT molecular complexity index is 201. The Labute approximate surface area is 81.9 Å². The van der Waals surface area contributed by atoms with Gasteiger partial charge in [0.05, 0.1) is 0 Å². The van der Waals surface area contributed by atoms with Crippen LogP contribution in [0.3, 0.4) is 0 Å². The van der Waals surface area contributed by atoms with Gasteiger partial charge in [-0.05, 0) is 5.41 Å². The number of hydrogen-bond donors (Lipinski definition) is 0. The largest absolute Gasteiger partial charge is 0.390 e. The van der Waals surface area contributed by atoms with Gasteiger partial charge in [-0.25, -0.2) is 0 Å². The molecule has 11 heavy (non-hydrogen) atoms. The second kappa shape index (κ2) is 3.99. The van der Waals surface area contributed by atoms with E-state index in [9.17, 15) is 0 Å². The van der Waals surface area contributed by atoms with Gasteiger partial charge in [-0.15, -0.1) is 0 Å². The van der Waals surface area contributed by atoms with Crippen LogP contribution in [0.15, 0.2) is 18.2 Å². The summed E-state index contributed by atoms with van der Waals surface area (Å²) in [5, 5.41) is 0. The summed E-state index contributed by atoms with van der Waals surface area (Å²) in [4.78, 5) is 4.12. The Hall–Kier alpha value is -0.188. The van der Waals surface area contributed by atoms with Crippen molar-refractivity contribution >= 4 is 0 Å². The molecule has 2 heteroatoms. The van der Waals surface area contributed by atoms with E-state index in [1.807, 2.05) is 18.2 Å². The Kier molecular flexibility index (Phi) is 3.93. The van der Waals surface area contributed by atoms with E-state index < -0.39 is 0 Å². The Balaban J connectivity index is 0.000001000. The minimum Gasteiger partial charge on any atom is -0.390 e. The zero-order valence-electron chi connectivity index (χ0n) is 7.06. The summed E-state index contributed by atoms with van der Waals surface area (Å²) in [6.07, 6.45) is 2.82. The maximum atomic E-state index is 4.12. The summed E-state index contributed by atoms with van der Waals surface area (Å²) in [5.41, 5.74) is 1.24. The Morgan fingerprint density at radius 2 is 2.00 bits per heavy atom. The third-order valence-corrected chi connectivity index (χ3v) is 1.38. The quantitative estimate of drug-likeness (QED) is 0.668. The van der Waals surface area contributed by atoms with Crippen LogP contribution < -0.4 is 0 Å². The number of hydrogen-bond acceptors (Lipinski definition) is 1. The fourth-order valence-corrected chi connectivity index (χ4v) is 0.744. The van der Waals surface area contributed by atoms with E-state index in [2.05, 4.69) is 32.0 Å². The molecule has 0 aliphatic rings. The molecule has 0 saturated heterocycles. The number of nitrogens with zero attached hydrogens (tertiary/aromatic N) is 1. The maximum absolute atomic E-state index is 4.12. The van der Waals surface area contributed by atoms with Gasteiger partial charge in [0.25, 0.3) is 0 Å². The first-order valence-electron chi connectivity index (χ1n) is 3.44. The normalized spacial score (nSPS) is 10.5. The average Bonchev–Trinajstić information content (AvgIpc) is 1.88. The second-order valence-corrected chi connectivity index (χ2v) is 3.40. The zero-order chi connectivity index (χ0) is 7.61. The van der Waals surface area contributed by atoms with Crippen LogP contribution in [0, 0.1) is 6.20 Å². The molecule has 1 heterocycles. The van der Waals surface area contributed by atoms with Crippen molar-refractivity contribution in [1.29, 1.82) is 0 Å². The number of aromatic nitrogens is 1. The molecule has 0 amide bonds. The molecule has 0 N–H and O–H groups in total. The van der Waals surface area contributed by atoms with Gasteiger partial charge in [0.1, 0.15) is 0 Å². The zero-order valence-corrected chi connectivity index (χ0v) is 9.77. The molecule has 0 aliphatic carbocycles. The molecule has 1 aromatic rings. The monoisotopic (exact) mass is 321 g/mol. The minimum absolute atomic E-state index is 0. The van der Waals surface area contributed by atoms with Crippen molar-refractivity contribution in [2.24, 2.45) is 0 Å². The Morgan fingerprint density at radius 3 is 2.27 bits per heavy atom. The van der Waals surface area contributed by atoms with Gasteiger partial charge >= 0.3 is 0 Å². The first kappa shape index (κ1) is 10.8. The molecule has 0 bridgehead atoms. The molecule has 1 radical (unpaired) electrons. The number of pyridine rings is 1. The molecular weight excluding hydrogens is 308 g/mol. The van der Waals surface area contributed by atoms with Crippen LogP contribution in [0.25, 0.3) is 0 Å². The molecule has 1 rings (SSSR count). The summed E-state index contributed by atoms with van der Waals surface area (Å²) in [7, 11) is 0. The summed E-state index contributed by atoms with van der Waals surface area (Å²) in [6, 6.07) is 5.80. The van der Waals surface area contributed by atoms with Crippen molar-refractivity contribution in [1.82, 2.24) is 4.98 Å². The van der Waals surface area contributed by atoms with Crippen LogP contribution in [0.4, 0.5) is 0 Å². The summed E-state index contributed by atoms with van der Waals surface area (Å²) in [6.45, 7) is 6.43. The van der Waals surface area contributed by atoms with E-state index >= 15 is 0 Å². The van der Waals surface area contributed by atoms with E-state index in [0.717, 1.165) is 5.69 Å². The van der Waals surface area contributed by atoms with E-state index in [0.29, 0.717) is 0 Å². The first-order chi connectivity index (χ1) is 4.61. The molecule has 61 valence electrons. The van der Waals surface area contributed by atoms with Gasteiger partial charge in [0, 0.05) is 20.4 Å². The fraction of sp³-hybridized carbons (Fsp3) is 0.444. The van der Waals surface area contributed by atoms with Gasteiger partial charge in [-0.2, -0.15) is 18.2 Å². The smallest absolute Gasteiger partial charge is 0 e. The van der Waals surface area contributed by atoms with Crippen LogP contribution in [0.2, 0.25) is 0 Å². The molecule has 0 saturated carbocycles. The van der Waals surface area contributed by atoms with Gasteiger partial charge in [-0.3, -0.25) is 0 Å². The summed E-state index contributed by atoms with van der Waals surface area (Å²) < 4.78 is 0. The molecule has 0 fully saturated rings. The summed E-state index contributed by atoms with van der Waals surface area (Å²) >= 11 is 0. The van der Waals surface area contributed by atoms with Gasteiger partial charge in [-0.1, -0.05) is 32.7 Å². The van der Waals surface area contributed by atoms with Gasteiger partial charge in [0.15, 0.2) is 0 Å². The van der Waals surface area contributed by atoms with Crippen molar-refractivity contribution in [3.8, 4) is 0 Å². The molecule has 1 nitrogen and oxygen atoms in total. The molecule has 1 aromatic heterocycles. The topological polar surface area (TPSA) is 12.9 Å². The van der Waals surface area contributed by atoms with Crippen LogP contribution in [-0.2, 0) is 25.8 Å². The Morgan fingerprint density at radius 1 is 1.36 bits per heavy atom. The van der Waals surface area contributed by atoms with Gasteiger partial charge < -0.3 is 4.98 Å². The van der Waals surface area contributed by atoms with Gasteiger partial charge in [0.2, 0.25) is 0 Å². The van der Waals surface area contributed by atoms with Crippen molar-refractivity contribution in [2.45, 2.75) is 26.2 Å². The van der Waals surface area contributed by atoms with Crippen LogP contribution in [-0.4, -0.2) is 4.98 Å². The fourth-order valence-electron chi connectivity index (χ4n) is 0.744. The standard InChI is InChI=1S/C9H12N.Re/c1-9(2,3)8-6-4-5-7-10-8;/h4-6H,1-3H3;/q-1;. The molecule has 0 spiro atoms. The van der Waals surface area contributed by atoms with E-state index in [4.69, 9.17) is 0 Å². The van der Waals surface area contributed by atoms with E-state index in [-0.39, 0.29) is 25.8 Å². The van der Waals surface area contributed by atoms with Crippen molar-refractivity contribution in [2.75, 3.05) is 0 Å². The van der Waals surface area contributed by atoms with Crippen molar-refractivity contribution in [3.05, 3.63) is 30.1 Å². The van der Waals surface area contributed by atoms with Crippen molar-refractivity contribution < 1.29 is 20.4 Å². The van der Waals surface area contributed by atoms with Crippen LogP contribution in [0.5, 0.6) is 0 Å². The molecule has 0 atom stereocenters. The van der Waals surface area contributed by atoms with E-state index in [1.165, 1.54) is 0 Å². The summed E-state index contributed by atoms with van der Waals surface area (Å²) in [5.74, 6) is 0. The molecule has 0 aromatic carbocycles. The van der Waals surface area contributed by atoms with Crippen molar-refractivity contribution in [3.63, 3.8) is 0 Å². The second-order valence-electron chi connectivity index (χ2n) is 3.40. The minimum atomic E-state index is 0.